The van der Waals surface area contributed by atoms with Gasteiger partial charge in [-0.3, -0.25) is 14.9 Å². The molecule has 0 radical (unpaired) electrons. The quantitative estimate of drug-likeness (QED) is 0.709. The first-order valence-corrected chi connectivity index (χ1v) is 10.0. The molecule has 1 heterocycles. The number of nitrogens with one attached hydrogen (secondary N) is 2. The number of Topliss-reactive ketones (excluding diaryl/α,β-unsaturated/α-hetero) is 1. The first-order valence-electron chi connectivity index (χ1n) is 10.0. The largest absolute Gasteiger partial charge is 0.334 e. The number of urea groups is 1. The molecule has 2 aromatic rings. The first kappa shape index (κ1) is 20.7. The normalized spacial score (nSPS) is 14.9. The molecule has 0 atom stereocenters. The Kier molecular flexibility index (Phi) is 7.53. The van der Waals surface area contributed by atoms with E-state index in [0.29, 0.717) is 13.1 Å². The number of rotatable bonds is 7. The molecular weight excluding hydrogens is 366 g/mol. The van der Waals surface area contributed by atoms with E-state index in [-0.39, 0.29) is 24.0 Å². The number of amides is 3. The van der Waals surface area contributed by atoms with Crippen LogP contribution >= 0.6 is 0 Å². The van der Waals surface area contributed by atoms with Crippen LogP contribution in [0.4, 0.5) is 4.79 Å². The van der Waals surface area contributed by atoms with E-state index in [1.807, 2.05) is 60.7 Å². The summed E-state index contributed by atoms with van der Waals surface area (Å²) < 4.78 is 0. The van der Waals surface area contributed by atoms with Gasteiger partial charge in [-0.25, -0.2) is 4.79 Å². The lowest BCUT2D eigenvalue weighted by Gasteiger charge is -2.31. The molecule has 0 aliphatic carbocycles. The maximum Gasteiger partial charge on any atom is 0.321 e. The number of nitrogens with zero attached hydrogens (tertiary/aromatic N) is 1. The summed E-state index contributed by atoms with van der Waals surface area (Å²) in [5, 5.41) is 5.05. The van der Waals surface area contributed by atoms with Gasteiger partial charge < -0.3 is 10.2 Å². The van der Waals surface area contributed by atoms with Crippen molar-refractivity contribution < 1.29 is 14.4 Å². The fourth-order valence-electron chi connectivity index (χ4n) is 3.53. The van der Waals surface area contributed by atoms with Crippen LogP contribution < -0.4 is 10.6 Å². The van der Waals surface area contributed by atoms with Gasteiger partial charge in [0.2, 0.25) is 5.91 Å². The van der Waals surface area contributed by atoms with Crippen LogP contribution in [0, 0.1) is 5.92 Å². The van der Waals surface area contributed by atoms with Crippen LogP contribution in [0.2, 0.25) is 0 Å². The molecule has 1 fully saturated rings. The Labute approximate surface area is 171 Å². The van der Waals surface area contributed by atoms with E-state index in [9.17, 15) is 14.4 Å². The number of piperidine rings is 1. The number of imide groups is 1. The van der Waals surface area contributed by atoms with Crippen molar-refractivity contribution in [2.45, 2.75) is 25.8 Å². The topological polar surface area (TPSA) is 78.5 Å². The van der Waals surface area contributed by atoms with Crippen molar-refractivity contribution in [2.75, 3.05) is 19.6 Å². The molecule has 1 aliphatic heterocycles. The van der Waals surface area contributed by atoms with Crippen molar-refractivity contribution in [1.29, 1.82) is 0 Å². The number of carbonyl (C=O) groups is 3. The monoisotopic (exact) mass is 393 g/mol. The third-order valence-corrected chi connectivity index (χ3v) is 5.22. The second kappa shape index (κ2) is 10.5. The number of carbonyl (C=O) groups excluding carboxylic acids is 3. The fraction of sp³-hybridized carbons (Fsp3) is 0.348. The second-order valence-corrected chi connectivity index (χ2v) is 7.31. The van der Waals surface area contributed by atoms with E-state index in [1.54, 1.807) is 0 Å². The first-order chi connectivity index (χ1) is 14.1. The van der Waals surface area contributed by atoms with E-state index in [2.05, 4.69) is 15.5 Å². The van der Waals surface area contributed by atoms with E-state index in [0.717, 1.165) is 37.1 Å². The summed E-state index contributed by atoms with van der Waals surface area (Å²) >= 11 is 0. The zero-order chi connectivity index (χ0) is 20.5. The molecule has 0 bridgehead atoms. The molecule has 0 unspecified atom stereocenters. The number of benzene rings is 2. The maximum absolute atomic E-state index is 12.5. The molecule has 1 saturated heterocycles. The number of hydrogen-bond donors (Lipinski definition) is 2. The van der Waals surface area contributed by atoms with Gasteiger partial charge in [0.05, 0.1) is 0 Å². The van der Waals surface area contributed by atoms with E-state index in [1.165, 1.54) is 0 Å². The smallest absolute Gasteiger partial charge is 0.321 e. The average Bonchev–Trinajstić information content (AvgIpc) is 2.77. The number of ketones is 1. The minimum absolute atomic E-state index is 0.0474. The summed E-state index contributed by atoms with van der Waals surface area (Å²) in [5.41, 5.74) is 1.75. The molecule has 3 amide bonds. The van der Waals surface area contributed by atoms with Crippen molar-refractivity contribution in [3.8, 4) is 0 Å². The van der Waals surface area contributed by atoms with Crippen LogP contribution in [-0.2, 0) is 11.3 Å². The molecule has 2 aromatic carbocycles. The van der Waals surface area contributed by atoms with Gasteiger partial charge in [0.25, 0.3) is 0 Å². The van der Waals surface area contributed by atoms with Crippen molar-refractivity contribution in [3.63, 3.8) is 0 Å². The van der Waals surface area contributed by atoms with Crippen LogP contribution in [0.1, 0.15) is 35.2 Å². The molecule has 0 aromatic heterocycles. The van der Waals surface area contributed by atoms with E-state index >= 15 is 0 Å². The molecule has 0 spiro atoms. The van der Waals surface area contributed by atoms with Crippen LogP contribution in [-0.4, -0.2) is 42.3 Å². The minimum Gasteiger partial charge on any atom is -0.334 e. The molecule has 3 rings (SSSR count). The SMILES string of the molecule is O=C(CCN1CCC(C(=O)c2ccccc2)CC1)NC(=O)NCc1ccccc1. The molecular formula is C23H27N3O3. The summed E-state index contributed by atoms with van der Waals surface area (Å²) in [6, 6.07) is 18.5. The highest BCUT2D eigenvalue weighted by molar-refractivity contribution is 5.97. The summed E-state index contributed by atoms with van der Waals surface area (Å²) in [4.78, 5) is 38.6. The van der Waals surface area contributed by atoms with Gasteiger partial charge in [0.1, 0.15) is 0 Å². The second-order valence-electron chi connectivity index (χ2n) is 7.31. The van der Waals surface area contributed by atoms with Crippen molar-refractivity contribution in [3.05, 3.63) is 71.8 Å². The summed E-state index contributed by atoms with van der Waals surface area (Å²) in [6.45, 7) is 2.54. The predicted octanol–water partition coefficient (Wildman–Crippen LogP) is 3.00. The van der Waals surface area contributed by atoms with Crippen LogP contribution in [0.15, 0.2) is 60.7 Å². The Morgan fingerprint density at radius 1 is 0.897 bits per heavy atom. The Balaban J connectivity index is 1.33. The van der Waals surface area contributed by atoms with Crippen LogP contribution in [0.5, 0.6) is 0 Å². The van der Waals surface area contributed by atoms with Crippen molar-refractivity contribution >= 4 is 17.7 Å². The molecule has 29 heavy (non-hydrogen) atoms. The van der Waals surface area contributed by atoms with E-state index < -0.39 is 6.03 Å². The summed E-state index contributed by atoms with van der Waals surface area (Å²) in [7, 11) is 0. The number of hydrogen-bond acceptors (Lipinski definition) is 4. The van der Waals surface area contributed by atoms with E-state index in [4.69, 9.17) is 0 Å². The van der Waals surface area contributed by atoms with Gasteiger partial charge >= 0.3 is 6.03 Å². The standard InChI is InChI=1S/C23H27N3O3/c27-21(25-23(29)24-17-18-7-3-1-4-8-18)13-16-26-14-11-20(12-15-26)22(28)19-9-5-2-6-10-19/h1-10,20H,11-17H2,(H2,24,25,27,29). The minimum atomic E-state index is -0.481. The van der Waals surface area contributed by atoms with Gasteiger partial charge in [0.15, 0.2) is 5.78 Å². The lowest BCUT2D eigenvalue weighted by Crippen LogP contribution is -2.42. The summed E-state index contributed by atoms with van der Waals surface area (Å²) in [5.74, 6) is -0.0395. The molecule has 1 aliphatic rings. The zero-order valence-corrected chi connectivity index (χ0v) is 16.5. The van der Waals surface area contributed by atoms with Crippen LogP contribution in [0.3, 0.4) is 0 Å². The van der Waals surface area contributed by atoms with Gasteiger partial charge in [-0.1, -0.05) is 60.7 Å². The summed E-state index contributed by atoms with van der Waals surface area (Å²) in [6.07, 6.45) is 1.86. The van der Waals surface area contributed by atoms with Crippen molar-refractivity contribution in [1.82, 2.24) is 15.5 Å². The third-order valence-electron chi connectivity index (χ3n) is 5.22. The Bertz CT molecular complexity index is 816. The van der Waals surface area contributed by atoms with Gasteiger partial charge in [-0.2, -0.15) is 0 Å². The van der Waals surface area contributed by atoms with Gasteiger partial charge in [-0.05, 0) is 31.5 Å². The van der Waals surface area contributed by atoms with Gasteiger partial charge in [0, 0.05) is 31.0 Å². The molecule has 0 saturated carbocycles. The lowest BCUT2D eigenvalue weighted by atomic mass is 9.89. The van der Waals surface area contributed by atoms with Gasteiger partial charge in [-0.15, -0.1) is 0 Å². The predicted molar refractivity (Wildman–Crippen MR) is 111 cm³/mol. The highest BCUT2D eigenvalue weighted by atomic mass is 16.2. The molecule has 6 nitrogen and oxygen atoms in total. The molecule has 2 N–H and O–H groups in total. The highest BCUT2D eigenvalue weighted by Gasteiger charge is 2.25. The third kappa shape index (κ3) is 6.54. The lowest BCUT2D eigenvalue weighted by molar-refractivity contribution is -0.120. The highest BCUT2D eigenvalue weighted by Crippen LogP contribution is 2.21. The number of likely N-dealkylation sites (tertiary alicyclic amines) is 1. The Hall–Kier alpha value is -2.99. The molecule has 6 heteroatoms. The Morgan fingerprint density at radius 3 is 2.17 bits per heavy atom. The van der Waals surface area contributed by atoms with Crippen molar-refractivity contribution in [2.24, 2.45) is 5.92 Å². The maximum atomic E-state index is 12.5. The average molecular weight is 393 g/mol. The Morgan fingerprint density at radius 2 is 1.52 bits per heavy atom. The molecule has 152 valence electrons. The fourth-order valence-corrected chi connectivity index (χ4v) is 3.53. The van der Waals surface area contributed by atoms with Crippen LogP contribution in [0.25, 0.3) is 0 Å². The zero-order valence-electron chi connectivity index (χ0n) is 16.5.